The van der Waals surface area contributed by atoms with Crippen LogP contribution in [0.25, 0.3) is 0 Å². The van der Waals surface area contributed by atoms with Crippen molar-refractivity contribution in [3.63, 3.8) is 0 Å². The topological polar surface area (TPSA) is 134 Å². The molecule has 0 radical (unpaired) electrons. The molecule has 152 valence electrons. The second kappa shape index (κ2) is 8.89. The number of ether oxygens (including phenoxy) is 2. The average Bonchev–Trinajstić information content (AvgIpc) is 2.64. The fraction of sp³-hybridized carbons (Fsp3) is 0.278. The maximum Gasteiger partial charge on any atom is 0.244 e. The Morgan fingerprint density at radius 2 is 1.50 bits per heavy atom. The molecular formula is C18H22ClN3O5S. The summed E-state index contributed by atoms with van der Waals surface area (Å²) in [7, 11) is -3.74. The number of amides is 1. The predicted octanol–water partition coefficient (Wildman–Crippen LogP) is 1.99. The van der Waals surface area contributed by atoms with E-state index in [2.05, 4.69) is 5.32 Å². The molecule has 3 rings (SSSR count). The van der Waals surface area contributed by atoms with Crippen LogP contribution in [-0.2, 0) is 19.6 Å². The highest BCUT2D eigenvalue weighted by atomic mass is 35.5. The van der Waals surface area contributed by atoms with Crippen molar-refractivity contribution in [2.24, 2.45) is 10.9 Å². The predicted molar refractivity (Wildman–Crippen MR) is 107 cm³/mol. The van der Waals surface area contributed by atoms with E-state index in [1.54, 1.807) is 24.3 Å². The monoisotopic (exact) mass is 427 g/mol. The van der Waals surface area contributed by atoms with Crippen molar-refractivity contribution in [2.45, 2.75) is 23.3 Å². The van der Waals surface area contributed by atoms with Crippen LogP contribution in [0.15, 0.2) is 53.4 Å². The highest BCUT2D eigenvalue weighted by molar-refractivity contribution is 7.89. The van der Waals surface area contributed by atoms with E-state index >= 15 is 0 Å². The molecule has 8 nitrogen and oxygen atoms in total. The summed E-state index contributed by atoms with van der Waals surface area (Å²) < 4.78 is 33.4. The zero-order valence-electron chi connectivity index (χ0n) is 15.0. The van der Waals surface area contributed by atoms with Gasteiger partial charge in [0.15, 0.2) is 0 Å². The Balaban J connectivity index is 0.00000280. The fourth-order valence-electron chi connectivity index (χ4n) is 2.66. The lowest BCUT2D eigenvalue weighted by Crippen LogP contribution is -2.54. The quantitative estimate of drug-likeness (QED) is 0.668. The van der Waals surface area contributed by atoms with E-state index < -0.39 is 15.6 Å². The number of anilines is 1. The molecule has 0 aliphatic carbocycles. The first-order valence-corrected chi connectivity index (χ1v) is 9.90. The second-order valence-electron chi connectivity index (χ2n) is 6.37. The molecule has 0 spiro atoms. The molecule has 0 atom stereocenters. The number of carbonyl (C=O) groups excluding carboxylic acids is 1. The minimum absolute atomic E-state index is 0. The lowest BCUT2D eigenvalue weighted by Gasteiger charge is -2.31. The number of hydrogen-bond acceptors (Lipinski definition) is 6. The number of carbonyl (C=O) groups is 1. The highest BCUT2D eigenvalue weighted by Crippen LogP contribution is 2.25. The Kier molecular flexibility index (Phi) is 7.02. The highest BCUT2D eigenvalue weighted by Gasteiger charge is 2.35. The second-order valence-corrected chi connectivity index (χ2v) is 7.93. The summed E-state index contributed by atoms with van der Waals surface area (Å²) in [5.74, 6) is 0.755. The molecule has 0 saturated carbocycles. The molecule has 1 amide bonds. The molecule has 5 N–H and O–H groups in total. The fourth-order valence-corrected chi connectivity index (χ4v) is 3.17. The van der Waals surface area contributed by atoms with Crippen molar-refractivity contribution in [1.29, 1.82) is 0 Å². The summed E-state index contributed by atoms with van der Waals surface area (Å²) in [6, 6.07) is 12.6. The maximum absolute atomic E-state index is 12.4. The van der Waals surface area contributed by atoms with Crippen molar-refractivity contribution in [2.75, 3.05) is 18.5 Å². The van der Waals surface area contributed by atoms with Gasteiger partial charge in [-0.2, -0.15) is 0 Å². The van der Waals surface area contributed by atoms with Gasteiger partial charge in [-0.05, 0) is 61.4 Å². The number of hydrogen-bond donors (Lipinski definition) is 3. The van der Waals surface area contributed by atoms with Gasteiger partial charge in [-0.1, -0.05) is 0 Å². The van der Waals surface area contributed by atoms with Gasteiger partial charge in [0.1, 0.15) is 17.0 Å². The van der Waals surface area contributed by atoms with Gasteiger partial charge in [0.2, 0.25) is 15.9 Å². The van der Waals surface area contributed by atoms with Crippen LogP contribution in [0, 0.1) is 0 Å². The number of nitrogens with two attached hydrogens (primary N) is 2. The van der Waals surface area contributed by atoms with Gasteiger partial charge in [0, 0.05) is 18.9 Å². The lowest BCUT2D eigenvalue weighted by atomic mass is 9.90. The molecule has 1 aliphatic heterocycles. The number of sulfonamides is 1. The van der Waals surface area contributed by atoms with Crippen LogP contribution in [0.3, 0.4) is 0 Å². The van der Waals surface area contributed by atoms with Crippen molar-refractivity contribution in [1.82, 2.24) is 0 Å². The summed E-state index contributed by atoms with van der Waals surface area (Å²) in [6.07, 6.45) is 0.961. The molecule has 1 fully saturated rings. The van der Waals surface area contributed by atoms with Crippen molar-refractivity contribution in [3.05, 3.63) is 48.5 Å². The van der Waals surface area contributed by atoms with E-state index in [0.29, 0.717) is 43.2 Å². The lowest BCUT2D eigenvalue weighted by molar-refractivity contribution is -0.124. The minimum atomic E-state index is -3.74. The summed E-state index contributed by atoms with van der Waals surface area (Å²) in [5.41, 5.74) is 5.84. The van der Waals surface area contributed by atoms with Crippen LogP contribution in [0.1, 0.15) is 12.8 Å². The van der Waals surface area contributed by atoms with Gasteiger partial charge >= 0.3 is 0 Å². The van der Waals surface area contributed by atoms with Gasteiger partial charge in [-0.15, -0.1) is 12.4 Å². The first-order valence-electron chi connectivity index (χ1n) is 8.35. The molecule has 0 aromatic heterocycles. The summed E-state index contributed by atoms with van der Waals surface area (Å²) in [5, 5.41) is 7.87. The number of nitrogens with one attached hydrogen (secondary N) is 1. The SMILES string of the molecule is Cl.NC1(C(=O)Nc2ccc(Oc3ccc(S(N)(=O)=O)cc3)cc2)CCOCC1. The van der Waals surface area contributed by atoms with E-state index in [1.165, 1.54) is 24.3 Å². The summed E-state index contributed by atoms with van der Waals surface area (Å²) in [4.78, 5) is 12.4. The van der Waals surface area contributed by atoms with Crippen LogP contribution in [0.4, 0.5) is 5.69 Å². The Morgan fingerprint density at radius 3 is 2.00 bits per heavy atom. The van der Waals surface area contributed by atoms with Crippen LogP contribution in [0.2, 0.25) is 0 Å². The standard InChI is InChI=1S/C18H21N3O5S.ClH/c19-18(9-11-25-12-10-18)17(22)21-13-1-3-14(4-2-13)26-15-5-7-16(8-6-15)27(20,23)24;/h1-8H,9-12,19H2,(H,21,22)(H2,20,23,24);1H. The third-order valence-corrected chi connectivity index (χ3v) is 5.27. The molecule has 2 aromatic carbocycles. The van der Waals surface area contributed by atoms with Crippen LogP contribution >= 0.6 is 12.4 Å². The Morgan fingerprint density at radius 1 is 1.00 bits per heavy atom. The van der Waals surface area contributed by atoms with E-state index in [4.69, 9.17) is 20.3 Å². The summed E-state index contributed by atoms with van der Waals surface area (Å²) >= 11 is 0. The normalized spacial score (nSPS) is 15.9. The Hall–Kier alpha value is -2.17. The third kappa shape index (κ3) is 5.43. The van der Waals surface area contributed by atoms with Crippen LogP contribution < -0.4 is 20.9 Å². The molecule has 1 heterocycles. The van der Waals surface area contributed by atoms with Crippen molar-refractivity contribution in [3.8, 4) is 11.5 Å². The smallest absolute Gasteiger partial charge is 0.244 e. The van der Waals surface area contributed by atoms with Crippen molar-refractivity contribution >= 4 is 34.0 Å². The number of primary sulfonamides is 1. The summed E-state index contributed by atoms with van der Waals surface area (Å²) in [6.45, 7) is 0.946. The van der Waals surface area contributed by atoms with E-state index in [0.717, 1.165) is 0 Å². The Bertz CT molecular complexity index is 911. The first-order chi connectivity index (χ1) is 12.8. The zero-order valence-corrected chi connectivity index (χ0v) is 16.6. The molecule has 2 aromatic rings. The van der Waals surface area contributed by atoms with Gasteiger partial charge in [-0.3, -0.25) is 4.79 Å². The molecule has 1 aliphatic rings. The number of rotatable bonds is 5. The average molecular weight is 428 g/mol. The van der Waals surface area contributed by atoms with Crippen molar-refractivity contribution < 1.29 is 22.7 Å². The third-order valence-electron chi connectivity index (χ3n) is 4.34. The van der Waals surface area contributed by atoms with Crippen LogP contribution in [0.5, 0.6) is 11.5 Å². The molecule has 28 heavy (non-hydrogen) atoms. The number of benzene rings is 2. The number of halogens is 1. The zero-order chi connectivity index (χ0) is 19.5. The van der Waals surface area contributed by atoms with E-state index in [9.17, 15) is 13.2 Å². The van der Waals surface area contributed by atoms with E-state index in [-0.39, 0.29) is 23.2 Å². The van der Waals surface area contributed by atoms with Crippen LogP contribution in [-0.4, -0.2) is 33.1 Å². The van der Waals surface area contributed by atoms with Gasteiger partial charge in [0.05, 0.1) is 4.90 Å². The minimum Gasteiger partial charge on any atom is -0.457 e. The molecule has 1 saturated heterocycles. The molecule has 0 bridgehead atoms. The van der Waals surface area contributed by atoms with Gasteiger partial charge in [-0.25, -0.2) is 13.6 Å². The Labute approximate surface area is 169 Å². The molecule has 0 unspecified atom stereocenters. The van der Waals surface area contributed by atoms with Gasteiger partial charge in [0.25, 0.3) is 0 Å². The first kappa shape index (κ1) is 22.1. The molecule has 10 heteroatoms. The van der Waals surface area contributed by atoms with Gasteiger partial charge < -0.3 is 20.5 Å². The molecular weight excluding hydrogens is 406 g/mol. The van der Waals surface area contributed by atoms with E-state index in [1.807, 2.05) is 0 Å². The maximum atomic E-state index is 12.4. The largest absolute Gasteiger partial charge is 0.457 e.